The zero-order valence-corrected chi connectivity index (χ0v) is 11.4. The van der Waals surface area contributed by atoms with Crippen molar-refractivity contribution < 1.29 is 9.13 Å². The molecular formula is C16H13FN2O2. The van der Waals surface area contributed by atoms with E-state index < -0.39 is 0 Å². The van der Waals surface area contributed by atoms with Crippen molar-refractivity contribution in [1.29, 1.82) is 0 Å². The van der Waals surface area contributed by atoms with Crippen molar-refractivity contribution in [1.82, 2.24) is 9.38 Å². The Morgan fingerprint density at radius 2 is 2.10 bits per heavy atom. The van der Waals surface area contributed by atoms with Crippen molar-refractivity contribution in [3.05, 3.63) is 76.1 Å². The summed E-state index contributed by atoms with van der Waals surface area (Å²) in [6, 6.07) is 10.9. The van der Waals surface area contributed by atoms with Crippen LogP contribution in [0.5, 0.6) is 5.75 Å². The number of rotatable bonds is 3. The average Bonchev–Trinajstić information content (AvgIpc) is 2.45. The zero-order valence-electron chi connectivity index (χ0n) is 11.4. The summed E-state index contributed by atoms with van der Waals surface area (Å²) in [7, 11) is 0. The zero-order chi connectivity index (χ0) is 14.8. The number of halogens is 1. The van der Waals surface area contributed by atoms with Crippen molar-refractivity contribution in [2.75, 3.05) is 0 Å². The second kappa shape index (κ2) is 5.36. The van der Waals surface area contributed by atoms with E-state index in [9.17, 15) is 9.18 Å². The molecule has 0 saturated carbocycles. The second-order valence-electron chi connectivity index (χ2n) is 4.76. The molecular weight excluding hydrogens is 271 g/mol. The Hall–Kier alpha value is -2.69. The lowest BCUT2D eigenvalue weighted by Crippen LogP contribution is -2.16. The molecule has 0 aliphatic rings. The molecule has 3 aromatic rings. The van der Waals surface area contributed by atoms with Crippen LogP contribution < -0.4 is 10.3 Å². The molecule has 0 radical (unpaired) electrons. The van der Waals surface area contributed by atoms with Crippen LogP contribution in [0.1, 0.15) is 11.3 Å². The Kier molecular flexibility index (Phi) is 3.39. The van der Waals surface area contributed by atoms with Gasteiger partial charge in [-0.25, -0.2) is 9.37 Å². The van der Waals surface area contributed by atoms with E-state index in [0.717, 1.165) is 5.56 Å². The van der Waals surface area contributed by atoms with Crippen molar-refractivity contribution in [3.8, 4) is 5.75 Å². The van der Waals surface area contributed by atoms with Crippen LogP contribution in [0.3, 0.4) is 0 Å². The molecule has 106 valence electrons. The van der Waals surface area contributed by atoms with Crippen LogP contribution in [0, 0.1) is 12.7 Å². The van der Waals surface area contributed by atoms with Gasteiger partial charge in [0.15, 0.2) is 0 Å². The Bertz CT molecular complexity index is 858. The fourth-order valence-electron chi connectivity index (χ4n) is 2.04. The van der Waals surface area contributed by atoms with Gasteiger partial charge in [-0.3, -0.25) is 9.20 Å². The van der Waals surface area contributed by atoms with E-state index in [-0.39, 0.29) is 18.0 Å². The molecule has 0 spiro atoms. The fraction of sp³-hybridized carbons (Fsp3) is 0.125. The topological polar surface area (TPSA) is 43.6 Å². The summed E-state index contributed by atoms with van der Waals surface area (Å²) in [5, 5.41) is 0. The van der Waals surface area contributed by atoms with E-state index in [1.165, 1.54) is 22.6 Å². The highest BCUT2D eigenvalue weighted by atomic mass is 19.1. The number of ether oxygens (including phenoxy) is 1. The number of fused-ring (bicyclic) bond motifs is 1. The molecule has 0 amide bonds. The molecule has 0 N–H and O–H groups in total. The third-order valence-corrected chi connectivity index (χ3v) is 3.06. The number of hydrogen-bond donors (Lipinski definition) is 0. The number of aryl methyl sites for hydroxylation is 1. The molecule has 0 saturated heterocycles. The number of aromatic nitrogens is 2. The monoisotopic (exact) mass is 284 g/mol. The van der Waals surface area contributed by atoms with Crippen molar-refractivity contribution in [2.24, 2.45) is 0 Å². The first kappa shape index (κ1) is 13.3. The van der Waals surface area contributed by atoms with Crippen LogP contribution in [0.25, 0.3) is 5.65 Å². The van der Waals surface area contributed by atoms with Gasteiger partial charge in [0.25, 0.3) is 5.56 Å². The molecule has 4 nitrogen and oxygen atoms in total. The van der Waals surface area contributed by atoms with Crippen LogP contribution in [-0.4, -0.2) is 9.38 Å². The largest absolute Gasteiger partial charge is 0.487 e. The summed E-state index contributed by atoms with van der Waals surface area (Å²) in [5.41, 5.74) is 1.93. The van der Waals surface area contributed by atoms with Crippen LogP contribution in [-0.2, 0) is 6.61 Å². The summed E-state index contributed by atoms with van der Waals surface area (Å²) < 4.78 is 20.0. The van der Waals surface area contributed by atoms with Crippen LogP contribution in [0.4, 0.5) is 4.39 Å². The van der Waals surface area contributed by atoms with Crippen molar-refractivity contribution in [3.63, 3.8) is 0 Å². The second-order valence-corrected chi connectivity index (χ2v) is 4.76. The van der Waals surface area contributed by atoms with Gasteiger partial charge in [0.1, 0.15) is 23.8 Å². The molecule has 0 aliphatic carbocycles. The first-order valence-electron chi connectivity index (χ1n) is 6.49. The van der Waals surface area contributed by atoms with E-state index in [1.807, 2.05) is 19.1 Å². The molecule has 1 aromatic carbocycles. The highest BCUT2D eigenvalue weighted by Crippen LogP contribution is 2.13. The lowest BCUT2D eigenvalue weighted by molar-refractivity contribution is 0.299. The third kappa shape index (κ3) is 2.91. The first-order valence-corrected chi connectivity index (χ1v) is 6.49. The van der Waals surface area contributed by atoms with Crippen LogP contribution >= 0.6 is 0 Å². The van der Waals surface area contributed by atoms with Crippen molar-refractivity contribution >= 4 is 5.65 Å². The third-order valence-electron chi connectivity index (χ3n) is 3.06. The molecule has 0 bridgehead atoms. The van der Waals surface area contributed by atoms with Gasteiger partial charge in [-0.15, -0.1) is 0 Å². The highest BCUT2D eigenvalue weighted by molar-refractivity contribution is 5.41. The molecule has 0 unspecified atom stereocenters. The van der Waals surface area contributed by atoms with Gasteiger partial charge in [0.05, 0.1) is 5.69 Å². The maximum atomic E-state index is 13.1. The minimum absolute atomic E-state index is 0.114. The van der Waals surface area contributed by atoms with Gasteiger partial charge >= 0.3 is 0 Å². The SMILES string of the molecule is Cc1ccn2c(=O)cc(COc3cccc(F)c3)nc2c1. The van der Waals surface area contributed by atoms with Gasteiger partial charge in [0, 0.05) is 18.3 Å². The number of nitrogens with zero attached hydrogens (tertiary/aromatic N) is 2. The maximum absolute atomic E-state index is 13.1. The Morgan fingerprint density at radius 1 is 1.24 bits per heavy atom. The molecule has 0 atom stereocenters. The Morgan fingerprint density at radius 3 is 2.90 bits per heavy atom. The minimum atomic E-state index is -0.366. The van der Waals surface area contributed by atoms with Gasteiger partial charge < -0.3 is 4.74 Å². The van der Waals surface area contributed by atoms with Gasteiger partial charge in [-0.1, -0.05) is 6.07 Å². The van der Waals surface area contributed by atoms with Crippen LogP contribution in [0.2, 0.25) is 0 Å². The predicted octanol–water partition coefficient (Wildman–Crippen LogP) is 2.72. The van der Waals surface area contributed by atoms with Crippen LogP contribution in [0.15, 0.2) is 53.5 Å². The molecule has 2 aromatic heterocycles. The van der Waals surface area contributed by atoms with E-state index in [0.29, 0.717) is 17.1 Å². The van der Waals surface area contributed by atoms with E-state index >= 15 is 0 Å². The maximum Gasteiger partial charge on any atom is 0.258 e. The van der Waals surface area contributed by atoms with Crippen molar-refractivity contribution in [2.45, 2.75) is 13.5 Å². The highest BCUT2D eigenvalue weighted by Gasteiger charge is 2.04. The molecule has 2 heterocycles. The molecule has 0 aliphatic heterocycles. The van der Waals surface area contributed by atoms with Gasteiger partial charge in [-0.2, -0.15) is 0 Å². The summed E-state index contributed by atoms with van der Waals surface area (Å²) in [6.07, 6.45) is 1.69. The quantitative estimate of drug-likeness (QED) is 0.742. The molecule has 0 fully saturated rings. The number of pyridine rings is 1. The smallest absolute Gasteiger partial charge is 0.258 e. The van der Waals surface area contributed by atoms with Gasteiger partial charge in [0.2, 0.25) is 0 Å². The number of hydrogen-bond acceptors (Lipinski definition) is 3. The standard InChI is InChI=1S/C16H13FN2O2/c1-11-5-6-19-15(7-11)18-13(9-16(19)20)10-21-14-4-2-3-12(17)8-14/h2-9H,10H2,1H3. The van der Waals surface area contributed by atoms with E-state index in [1.54, 1.807) is 18.3 Å². The Labute approximate surface area is 120 Å². The van der Waals surface area contributed by atoms with Gasteiger partial charge in [-0.05, 0) is 36.8 Å². The van der Waals surface area contributed by atoms with E-state index in [2.05, 4.69) is 4.98 Å². The summed E-state index contributed by atoms with van der Waals surface area (Å²) in [4.78, 5) is 16.4. The Balaban J connectivity index is 1.89. The molecule has 3 rings (SSSR count). The summed E-state index contributed by atoms with van der Waals surface area (Å²) in [5.74, 6) is 0.0379. The average molecular weight is 284 g/mol. The number of benzene rings is 1. The fourth-order valence-corrected chi connectivity index (χ4v) is 2.04. The normalized spacial score (nSPS) is 10.8. The lowest BCUT2D eigenvalue weighted by atomic mass is 10.3. The summed E-state index contributed by atoms with van der Waals surface area (Å²) in [6.45, 7) is 2.05. The minimum Gasteiger partial charge on any atom is -0.487 e. The molecule has 21 heavy (non-hydrogen) atoms. The lowest BCUT2D eigenvalue weighted by Gasteiger charge is -2.07. The molecule has 5 heteroatoms. The first-order chi connectivity index (χ1) is 10.1. The van der Waals surface area contributed by atoms with E-state index in [4.69, 9.17) is 4.74 Å². The summed E-state index contributed by atoms with van der Waals surface area (Å²) >= 11 is 0. The predicted molar refractivity (Wildman–Crippen MR) is 76.9 cm³/mol.